The van der Waals surface area contributed by atoms with Crippen molar-refractivity contribution >= 4 is 11.1 Å². The second kappa shape index (κ2) is 3.98. The molecule has 0 bridgehead atoms. The molecule has 0 aliphatic carbocycles. The van der Waals surface area contributed by atoms with Gasteiger partial charge < -0.3 is 4.42 Å². The van der Waals surface area contributed by atoms with E-state index in [0.717, 1.165) is 27.8 Å². The standard InChI is InChI=1S/C16H15NO/c1-10-5-4-6-13(9-10)16-17-14-11(2)7-8-12(3)15(14)18-16/h4-9H,1-3H3. The molecule has 3 aromatic rings. The van der Waals surface area contributed by atoms with Crippen LogP contribution in [-0.2, 0) is 0 Å². The van der Waals surface area contributed by atoms with Gasteiger partial charge in [0.1, 0.15) is 5.52 Å². The highest BCUT2D eigenvalue weighted by Crippen LogP contribution is 2.28. The van der Waals surface area contributed by atoms with E-state index in [-0.39, 0.29) is 0 Å². The summed E-state index contributed by atoms with van der Waals surface area (Å²) in [6, 6.07) is 12.4. The van der Waals surface area contributed by atoms with Gasteiger partial charge in [-0.3, -0.25) is 0 Å². The quantitative estimate of drug-likeness (QED) is 0.626. The number of hydrogen-bond acceptors (Lipinski definition) is 2. The number of fused-ring (bicyclic) bond motifs is 1. The van der Waals surface area contributed by atoms with E-state index in [2.05, 4.69) is 43.1 Å². The summed E-state index contributed by atoms with van der Waals surface area (Å²) in [4.78, 5) is 4.62. The summed E-state index contributed by atoms with van der Waals surface area (Å²) in [5.74, 6) is 0.700. The molecule has 0 atom stereocenters. The molecule has 2 nitrogen and oxygen atoms in total. The Morgan fingerprint density at radius 3 is 2.44 bits per heavy atom. The van der Waals surface area contributed by atoms with Gasteiger partial charge >= 0.3 is 0 Å². The highest BCUT2D eigenvalue weighted by atomic mass is 16.3. The molecule has 0 fully saturated rings. The van der Waals surface area contributed by atoms with Crippen LogP contribution in [-0.4, -0.2) is 4.98 Å². The lowest BCUT2D eigenvalue weighted by atomic mass is 10.1. The van der Waals surface area contributed by atoms with Gasteiger partial charge in [-0.25, -0.2) is 4.98 Å². The van der Waals surface area contributed by atoms with Crippen LogP contribution in [0.3, 0.4) is 0 Å². The molecule has 0 saturated heterocycles. The van der Waals surface area contributed by atoms with Gasteiger partial charge in [-0.2, -0.15) is 0 Å². The number of aromatic nitrogens is 1. The van der Waals surface area contributed by atoms with E-state index in [1.165, 1.54) is 5.56 Å². The molecule has 0 unspecified atom stereocenters. The average molecular weight is 237 g/mol. The Hall–Kier alpha value is -2.09. The molecule has 18 heavy (non-hydrogen) atoms. The molecule has 2 aromatic carbocycles. The van der Waals surface area contributed by atoms with Crippen molar-refractivity contribution in [3.8, 4) is 11.5 Å². The van der Waals surface area contributed by atoms with Crippen molar-refractivity contribution in [2.75, 3.05) is 0 Å². The van der Waals surface area contributed by atoms with Gasteiger partial charge in [-0.1, -0.05) is 29.8 Å². The molecule has 0 spiro atoms. The number of rotatable bonds is 1. The summed E-state index contributed by atoms with van der Waals surface area (Å²) < 4.78 is 5.91. The highest BCUT2D eigenvalue weighted by molar-refractivity contribution is 5.82. The lowest BCUT2D eigenvalue weighted by Crippen LogP contribution is -1.80. The van der Waals surface area contributed by atoms with Gasteiger partial charge in [-0.15, -0.1) is 0 Å². The minimum atomic E-state index is 0.700. The van der Waals surface area contributed by atoms with Crippen LogP contribution in [0.15, 0.2) is 40.8 Å². The number of oxazole rings is 1. The van der Waals surface area contributed by atoms with Gasteiger partial charge in [0.05, 0.1) is 0 Å². The van der Waals surface area contributed by atoms with E-state index in [9.17, 15) is 0 Å². The zero-order valence-electron chi connectivity index (χ0n) is 10.8. The maximum absolute atomic E-state index is 5.91. The third kappa shape index (κ3) is 1.70. The molecule has 0 aliphatic heterocycles. The van der Waals surface area contributed by atoms with Crippen LogP contribution in [0.25, 0.3) is 22.6 Å². The molecular weight excluding hydrogens is 222 g/mol. The van der Waals surface area contributed by atoms with Crippen molar-refractivity contribution in [2.45, 2.75) is 20.8 Å². The normalized spacial score (nSPS) is 11.1. The predicted molar refractivity (Wildman–Crippen MR) is 73.7 cm³/mol. The predicted octanol–water partition coefficient (Wildman–Crippen LogP) is 4.42. The topological polar surface area (TPSA) is 26.0 Å². The number of hydrogen-bond donors (Lipinski definition) is 0. The third-order valence-electron chi connectivity index (χ3n) is 3.21. The van der Waals surface area contributed by atoms with E-state index in [0.29, 0.717) is 5.89 Å². The summed E-state index contributed by atoms with van der Waals surface area (Å²) in [6.45, 7) is 6.18. The summed E-state index contributed by atoms with van der Waals surface area (Å²) in [6.07, 6.45) is 0. The smallest absolute Gasteiger partial charge is 0.227 e. The van der Waals surface area contributed by atoms with Gasteiger partial charge in [0.15, 0.2) is 5.58 Å². The Morgan fingerprint density at radius 1 is 0.944 bits per heavy atom. The zero-order chi connectivity index (χ0) is 12.7. The first-order valence-electron chi connectivity index (χ1n) is 6.09. The van der Waals surface area contributed by atoms with Gasteiger partial charge in [0.2, 0.25) is 5.89 Å². The maximum atomic E-state index is 5.91. The molecule has 0 amide bonds. The molecule has 90 valence electrons. The van der Waals surface area contributed by atoms with Crippen LogP contribution < -0.4 is 0 Å². The second-order valence-electron chi connectivity index (χ2n) is 4.77. The van der Waals surface area contributed by atoms with Gasteiger partial charge in [0, 0.05) is 5.56 Å². The fourth-order valence-electron chi connectivity index (χ4n) is 2.16. The van der Waals surface area contributed by atoms with Crippen molar-refractivity contribution in [2.24, 2.45) is 0 Å². The molecule has 1 heterocycles. The first-order valence-corrected chi connectivity index (χ1v) is 6.09. The van der Waals surface area contributed by atoms with Crippen molar-refractivity contribution < 1.29 is 4.42 Å². The average Bonchev–Trinajstić information content (AvgIpc) is 2.80. The largest absolute Gasteiger partial charge is 0.436 e. The van der Waals surface area contributed by atoms with Crippen LogP contribution in [0.1, 0.15) is 16.7 Å². The fourth-order valence-corrected chi connectivity index (χ4v) is 2.16. The zero-order valence-corrected chi connectivity index (χ0v) is 10.8. The van der Waals surface area contributed by atoms with Gasteiger partial charge in [0.25, 0.3) is 0 Å². The van der Waals surface area contributed by atoms with Crippen LogP contribution in [0.2, 0.25) is 0 Å². The van der Waals surface area contributed by atoms with Crippen molar-refractivity contribution in [1.29, 1.82) is 0 Å². The van der Waals surface area contributed by atoms with E-state index >= 15 is 0 Å². The number of benzene rings is 2. The number of aryl methyl sites for hydroxylation is 3. The molecule has 0 aliphatic rings. The molecule has 0 saturated carbocycles. The highest BCUT2D eigenvalue weighted by Gasteiger charge is 2.11. The van der Waals surface area contributed by atoms with Crippen molar-refractivity contribution in [1.82, 2.24) is 4.98 Å². The van der Waals surface area contributed by atoms with Crippen molar-refractivity contribution in [3.63, 3.8) is 0 Å². The van der Waals surface area contributed by atoms with Crippen LogP contribution >= 0.6 is 0 Å². The van der Waals surface area contributed by atoms with Crippen LogP contribution in [0, 0.1) is 20.8 Å². The molecule has 1 aromatic heterocycles. The Bertz CT molecular complexity index is 686. The van der Waals surface area contributed by atoms with Crippen LogP contribution in [0.5, 0.6) is 0 Å². The SMILES string of the molecule is Cc1cccc(-c2nc3c(C)ccc(C)c3o2)c1. The Morgan fingerprint density at radius 2 is 1.72 bits per heavy atom. The fraction of sp³-hybridized carbons (Fsp3) is 0.188. The lowest BCUT2D eigenvalue weighted by molar-refractivity contribution is 0.617. The summed E-state index contributed by atoms with van der Waals surface area (Å²) in [7, 11) is 0. The Labute approximate surface area is 106 Å². The molecular formula is C16H15NO. The van der Waals surface area contributed by atoms with E-state index in [1.807, 2.05) is 19.1 Å². The summed E-state index contributed by atoms with van der Waals surface area (Å²) in [5.41, 5.74) is 6.38. The van der Waals surface area contributed by atoms with Crippen molar-refractivity contribution in [3.05, 3.63) is 53.1 Å². The number of nitrogens with zero attached hydrogens (tertiary/aromatic N) is 1. The lowest BCUT2D eigenvalue weighted by Gasteiger charge is -1.96. The monoisotopic (exact) mass is 237 g/mol. The first-order chi connectivity index (χ1) is 8.65. The van der Waals surface area contributed by atoms with E-state index < -0.39 is 0 Å². The maximum Gasteiger partial charge on any atom is 0.227 e. The van der Waals surface area contributed by atoms with Crippen LogP contribution in [0.4, 0.5) is 0 Å². The molecule has 2 heteroatoms. The molecule has 0 N–H and O–H groups in total. The Balaban J connectivity index is 2.26. The first kappa shape index (κ1) is 11.0. The Kier molecular flexibility index (Phi) is 2.44. The second-order valence-corrected chi connectivity index (χ2v) is 4.77. The minimum Gasteiger partial charge on any atom is -0.436 e. The van der Waals surface area contributed by atoms with E-state index in [1.54, 1.807) is 0 Å². The van der Waals surface area contributed by atoms with E-state index in [4.69, 9.17) is 4.42 Å². The molecule has 3 rings (SSSR count). The summed E-state index contributed by atoms with van der Waals surface area (Å²) >= 11 is 0. The minimum absolute atomic E-state index is 0.700. The summed E-state index contributed by atoms with van der Waals surface area (Å²) in [5, 5.41) is 0. The van der Waals surface area contributed by atoms with Gasteiger partial charge in [-0.05, 0) is 44.0 Å². The third-order valence-corrected chi connectivity index (χ3v) is 3.21. The molecule has 0 radical (unpaired) electrons.